The Morgan fingerprint density at radius 1 is 1.07 bits per heavy atom. The van der Waals surface area contributed by atoms with Crippen LogP contribution in [0.1, 0.15) is 13.3 Å². The van der Waals surface area contributed by atoms with E-state index < -0.39 is 27.8 Å². The molecule has 2 N–H and O–H groups in total. The third-order valence-electron chi connectivity index (χ3n) is 3.50. The Morgan fingerprint density at radius 3 is 2.44 bits per heavy atom. The summed E-state index contributed by atoms with van der Waals surface area (Å²) in [5.41, 5.74) is 4.42. The number of halogens is 1. The van der Waals surface area contributed by atoms with Crippen molar-refractivity contribution in [2.75, 3.05) is 5.75 Å². The lowest BCUT2D eigenvalue weighted by Gasteiger charge is -2.15. The predicted octanol–water partition coefficient (Wildman–Crippen LogP) is 2.23. The number of nitrogens with one attached hydrogen (secondary N) is 2. The van der Waals surface area contributed by atoms with Crippen molar-refractivity contribution in [1.82, 2.24) is 10.9 Å². The Labute approximate surface area is 166 Å². The highest BCUT2D eigenvalue weighted by Gasteiger charge is 2.18. The van der Waals surface area contributed by atoms with E-state index in [0.29, 0.717) is 5.75 Å². The van der Waals surface area contributed by atoms with Gasteiger partial charge >= 0.3 is 0 Å². The molecule has 2 rings (SSSR count). The zero-order valence-electron chi connectivity index (χ0n) is 14.5. The van der Waals surface area contributed by atoms with Crippen molar-refractivity contribution < 1.29 is 22.7 Å². The van der Waals surface area contributed by atoms with Gasteiger partial charge in [-0.15, -0.1) is 0 Å². The van der Waals surface area contributed by atoms with Gasteiger partial charge in [-0.05, 0) is 37.3 Å². The van der Waals surface area contributed by atoms with Crippen LogP contribution >= 0.6 is 15.9 Å². The summed E-state index contributed by atoms with van der Waals surface area (Å²) in [5.74, 6) is -1.04. The molecule has 0 aliphatic heterocycles. The SMILES string of the molecule is C[C@H](Oc1cccc(Br)c1)C(=O)NNC(=O)CCS(=O)(=O)c1ccccc1. The molecule has 0 radical (unpaired) electrons. The monoisotopic (exact) mass is 454 g/mol. The summed E-state index contributed by atoms with van der Waals surface area (Å²) in [5, 5.41) is 0. The topological polar surface area (TPSA) is 102 Å². The predicted molar refractivity (Wildman–Crippen MR) is 104 cm³/mol. The lowest BCUT2D eigenvalue weighted by molar-refractivity contribution is -0.132. The zero-order valence-corrected chi connectivity index (χ0v) is 16.9. The highest BCUT2D eigenvalue weighted by molar-refractivity contribution is 9.10. The Morgan fingerprint density at radius 2 is 1.78 bits per heavy atom. The summed E-state index contributed by atoms with van der Waals surface area (Å²) in [6.07, 6.45) is -1.13. The van der Waals surface area contributed by atoms with Crippen LogP contribution in [0.4, 0.5) is 0 Å². The Bertz CT molecular complexity index is 903. The van der Waals surface area contributed by atoms with E-state index in [1.165, 1.54) is 19.1 Å². The van der Waals surface area contributed by atoms with Crippen LogP contribution in [0, 0.1) is 0 Å². The van der Waals surface area contributed by atoms with E-state index in [9.17, 15) is 18.0 Å². The third-order valence-corrected chi connectivity index (χ3v) is 5.73. The van der Waals surface area contributed by atoms with Crippen molar-refractivity contribution in [3.63, 3.8) is 0 Å². The Kier molecular flexibility index (Phi) is 7.37. The molecule has 27 heavy (non-hydrogen) atoms. The molecule has 0 saturated carbocycles. The smallest absolute Gasteiger partial charge is 0.279 e. The number of hydrogen-bond donors (Lipinski definition) is 2. The molecule has 2 aromatic carbocycles. The summed E-state index contributed by atoms with van der Waals surface area (Å²) in [7, 11) is -3.56. The van der Waals surface area contributed by atoms with Crippen molar-refractivity contribution in [3.05, 3.63) is 59.1 Å². The van der Waals surface area contributed by atoms with Gasteiger partial charge in [0, 0.05) is 10.9 Å². The number of rotatable bonds is 7. The van der Waals surface area contributed by atoms with Crippen LogP contribution in [-0.4, -0.2) is 32.1 Å². The van der Waals surface area contributed by atoms with Gasteiger partial charge in [-0.25, -0.2) is 8.42 Å². The summed E-state index contributed by atoms with van der Waals surface area (Å²) >= 11 is 3.30. The van der Waals surface area contributed by atoms with Gasteiger partial charge in [-0.3, -0.25) is 20.4 Å². The second-order valence-corrected chi connectivity index (χ2v) is 8.66. The average Bonchev–Trinajstić information content (AvgIpc) is 2.65. The van der Waals surface area contributed by atoms with Crippen molar-refractivity contribution in [3.8, 4) is 5.75 Å². The molecule has 0 bridgehead atoms. The molecule has 0 aromatic heterocycles. The number of hydrazine groups is 1. The molecule has 0 fully saturated rings. The number of hydrogen-bond acceptors (Lipinski definition) is 5. The Hall–Kier alpha value is -2.39. The van der Waals surface area contributed by atoms with Gasteiger partial charge in [-0.2, -0.15) is 0 Å². The fourth-order valence-corrected chi connectivity index (χ4v) is 3.71. The maximum Gasteiger partial charge on any atom is 0.279 e. The molecule has 9 heteroatoms. The maximum absolute atomic E-state index is 12.1. The van der Waals surface area contributed by atoms with E-state index in [2.05, 4.69) is 26.8 Å². The first-order valence-electron chi connectivity index (χ1n) is 8.06. The largest absolute Gasteiger partial charge is 0.481 e. The molecule has 7 nitrogen and oxygen atoms in total. The molecular weight excluding hydrogens is 436 g/mol. The molecule has 1 atom stereocenters. The van der Waals surface area contributed by atoms with E-state index in [1.807, 2.05) is 6.07 Å². The first kappa shape index (κ1) is 20.9. The second-order valence-electron chi connectivity index (χ2n) is 5.64. The summed E-state index contributed by atoms with van der Waals surface area (Å²) in [6, 6.07) is 14.9. The fourth-order valence-electron chi connectivity index (χ4n) is 2.07. The van der Waals surface area contributed by atoms with Crippen molar-refractivity contribution >= 4 is 37.6 Å². The lowest BCUT2D eigenvalue weighted by atomic mass is 10.3. The van der Waals surface area contributed by atoms with Gasteiger partial charge < -0.3 is 4.74 Å². The molecule has 2 amide bonds. The van der Waals surface area contributed by atoms with Crippen LogP contribution in [0.2, 0.25) is 0 Å². The molecule has 0 aliphatic carbocycles. The van der Waals surface area contributed by atoms with E-state index in [-0.39, 0.29) is 17.1 Å². The average molecular weight is 455 g/mol. The van der Waals surface area contributed by atoms with E-state index >= 15 is 0 Å². The zero-order chi connectivity index (χ0) is 19.9. The van der Waals surface area contributed by atoms with E-state index in [4.69, 9.17) is 4.74 Å². The van der Waals surface area contributed by atoms with Gasteiger partial charge in [0.05, 0.1) is 10.6 Å². The van der Waals surface area contributed by atoms with Crippen LogP contribution in [0.5, 0.6) is 5.75 Å². The Balaban J connectivity index is 1.78. The normalized spacial score (nSPS) is 12.1. The van der Waals surface area contributed by atoms with Gasteiger partial charge in [0.15, 0.2) is 15.9 Å². The van der Waals surface area contributed by atoms with Crippen LogP contribution in [0.15, 0.2) is 64.0 Å². The number of carbonyl (C=O) groups excluding carboxylic acids is 2. The molecule has 2 aromatic rings. The second kappa shape index (κ2) is 9.52. The molecule has 0 unspecified atom stereocenters. The molecule has 144 valence electrons. The molecule has 0 spiro atoms. The maximum atomic E-state index is 12.1. The summed E-state index contributed by atoms with van der Waals surface area (Å²) in [4.78, 5) is 23.9. The number of sulfone groups is 1. The number of amides is 2. The van der Waals surface area contributed by atoms with Crippen molar-refractivity contribution in [2.24, 2.45) is 0 Å². The number of carbonyl (C=O) groups is 2. The fraction of sp³-hybridized carbons (Fsp3) is 0.222. The van der Waals surface area contributed by atoms with Gasteiger partial charge in [0.2, 0.25) is 5.91 Å². The highest BCUT2D eigenvalue weighted by Crippen LogP contribution is 2.18. The third kappa shape index (κ3) is 6.69. The minimum Gasteiger partial charge on any atom is -0.481 e. The molecular formula is C18H19BrN2O5S. The van der Waals surface area contributed by atoms with Crippen molar-refractivity contribution in [1.29, 1.82) is 0 Å². The first-order chi connectivity index (χ1) is 12.8. The molecule has 0 heterocycles. The molecule has 0 aliphatic rings. The van der Waals surface area contributed by atoms with Crippen LogP contribution < -0.4 is 15.6 Å². The minimum atomic E-state index is -3.56. The van der Waals surface area contributed by atoms with Crippen molar-refractivity contribution in [2.45, 2.75) is 24.3 Å². The standard InChI is InChI=1S/C18H19BrN2O5S/c1-13(26-15-7-5-6-14(19)12-15)18(23)21-20-17(22)10-11-27(24,25)16-8-3-2-4-9-16/h2-9,12-13H,10-11H2,1H3,(H,20,22)(H,21,23)/t13-/m0/s1. The summed E-state index contributed by atoms with van der Waals surface area (Å²) in [6.45, 7) is 1.53. The first-order valence-corrected chi connectivity index (χ1v) is 10.5. The van der Waals surface area contributed by atoms with E-state index in [0.717, 1.165) is 4.47 Å². The van der Waals surface area contributed by atoms with Gasteiger partial charge in [0.1, 0.15) is 5.75 Å². The quantitative estimate of drug-likeness (QED) is 0.624. The van der Waals surface area contributed by atoms with E-state index in [1.54, 1.807) is 36.4 Å². The molecule has 0 saturated heterocycles. The van der Waals surface area contributed by atoms with Crippen LogP contribution in [0.25, 0.3) is 0 Å². The number of ether oxygens (including phenoxy) is 1. The minimum absolute atomic E-state index is 0.151. The van der Waals surface area contributed by atoms with Crippen LogP contribution in [0.3, 0.4) is 0 Å². The highest BCUT2D eigenvalue weighted by atomic mass is 79.9. The number of benzene rings is 2. The van der Waals surface area contributed by atoms with Gasteiger partial charge in [-0.1, -0.05) is 40.2 Å². The lowest BCUT2D eigenvalue weighted by Crippen LogP contribution is -2.47. The van der Waals surface area contributed by atoms with Crippen LogP contribution in [-0.2, 0) is 19.4 Å². The summed E-state index contributed by atoms with van der Waals surface area (Å²) < 4.78 is 30.5. The van der Waals surface area contributed by atoms with Gasteiger partial charge in [0.25, 0.3) is 5.91 Å².